The van der Waals surface area contributed by atoms with Gasteiger partial charge in [-0.2, -0.15) is 5.10 Å². The van der Waals surface area contributed by atoms with Crippen molar-refractivity contribution < 1.29 is 5.11 Å². The van der Waals surface area contributed by atoms with E-state index in [0.717, 1.165) is 27.4 Å². The van der Waals surface area contributed by atoms with Gasteiger partial charge >= 0.3 is 0 Å². The highest BCUT2D eigenvalue weighted by Crippen LogP contribution is 2.25. The summed E-state index contributed by atoms with van der Waals surface area (Å²) >= 11 is 0. The van der Waals surface area contributed by atoms with E-state index in [-0.39, 0.29) is 5.75 Å². The molecule has 0 unspecified atom stereocenters. The number of hydrogen-bond donors (Lipinski definition) is 2. The Morgan fingerprint density at radius 2 is 1.47 bits per heavy atom. The average molecular weight is 416 g/mol. The molecule has 0 fully saturated rings. The second-order valence-electron chi connectivity index (χ2n) is 7.27. The maximum atomic E-state index is 10.4. The van der Waals surface area contributed by atoms with Crippen LogP contribution in [0.5, 0.6) is 5.75 Å². The lowest BCUT2D eigenvalue weighted by atomic mass is 10.0. The number of hydrazone groups is 1. The normalized spacial score (nSPS) is 11.9. The van der Waals surface area contributed by atoms with E-state index in [1.54, 1.807) is 12.3 Å². The van der Waals surface area contributed by atoms with E-state index in [9.17, 15) is 5.11 Å². The summed E-state index contributed by atoms with van der Waals surface area (Å²) in [5.74, 6) is 0.678. The molecule has 0 saturated heterocycles. The number of rotatable bonds is 4. The van der Waals surface area contributed by atoms with Crippen LogP contribution in [0, 0.1) is 0 Å². The van der Waals surface area contributed by atoms with Crippen molar-refractivity contribution in [2.24, 2.45) is 10.1 Å². The van der Waals surface area contributed by atoms with Crippen LogP contribution in [-0.2, 0) is 0 Å². The Morgan fingerprint density at radius 3 is 2.34 bits per heavy atom. The molecule has 5 nitrogen and oxygen atoms in total. The first-order chi connectivity index (χ1) is 15.8. The lowest BCUT2D eigenvalue weighted by Crippen LogP contribution is -2.20. The van der Waals surface area contributed by atoms with Crippen LogP contribution in [-0.4, -0.2) is 22.1 Å². The monoisotopic (exact) mass is 416 g/mol. The summed E-state index contributed by atoms with van der Waals surface area (Å²) in [6.07, 6.45) is 1.61. The van der Waals surface area contributed by atoms with Crippen molar-refractivity contribution in [1.29, 1.82) is 0 Å². The summed E-state index contributed by atoms with van der Waals surface area (Å²) in [5.41, 5.74) is 6.01. The number of benzene rings is 4. The molecule has 1 aromatic heterocycles. The number of phenolic OH excluding ortho intramolecular Hbond substituents is 1. The van der Waals surface area contributed by atoms with Gasteiger partial charge in [-0.1, -0.05) is 72.8 Å². The SMILES string of the molecule is Oc1ccc2ccccc2c1/C=N/NC(=Nc1ccccc1)c1ccc2ccccc2n1. The van der Waals surface area contributed by atoms with Gasteiger partial charge < -0.3 is 5.11 Å². The minimum absolute atomic E-state index is 0.166. The van der Waals surface area contributed by atoms with Crippen LogP contribution in [0.25, 0.3) is 21.7 Å². The minimum Gasteiger partial charge on any atom is -0.507 e. The quantitative estimate of drug-likeness (QED) is 0.221. The van der Waals surface area contributed by atoms with E-state index in [2.05, 4.69) is 10.5 Å². The van der Waals surface area contributed by atoms with Gasteiger partial charge in [-0.15, -0.1) is 0 Å². The lowest BCUT2D eigenvalue weighted by Gasteiger charge is -2.08. The predicted octanol–water partition coefficient (Wildman–Crippen LogP) is 5.80. The van der Waals surface area contributed by atoms with Crippen LogP contribution in [0.2, 0.25) is 0 Å². The number of nitrogens with zero attached hydrogens (tertiary/aromatic N) is 3. The van der Waals surface area contributed by atoms with Crippen LogP contribution in [0.3, 0.4) is 0 Å². The molecule has 0 radical (unpaired) electrons. The summed E-state index contributed by atoms with van der Waals surface area (Å²) in [6.45, 7) is 0. The van der Waals surface area contributed by atoms with Crippen molar-refractivity contribution in [1.82, 2.24) is 10.4 Å². The molecule has 0 aliphatic rings. The number of amidine groups is 1. The van der Waals surface area contributed by atoms with Crippen LogP contribution in [0.1, 0.15) is 11.3 Å². The van der Waals surface area contributed by atoms with Gasteiger partial charge in [-0.3, -0.25) is 5.43 Å². The van der Waals surface area contributed by atoms with Gasteiger partial charge in [-0.25, -0.2) is 9.98 Å². The molecule has 5 rings (SSSR count). The van der Waals surface area contributed by atoms with Crippen LogP contribution >= 0.6 is 0 Å². The first kappa shape index (κ1) is 19.5. The molecular weight excluding hydrogens is 396 g/mol. The molecule has 5 aromatic rings. The number of aliphatic imine (C=N–C) groups is 1. The third-order valence-electron chi connectivity index (χ3n) is 5.15. The molecule has 0 aliphatic heterocycles. The summed E-state index contributed by atoms with van der Waals surface area (Å²) < 4.78 is 0. The molecule has 1 heterocycles. The first-order valence-corrected chi connectivity index (χ1v) is 10.3. The zero-order chi connectivity index (χ0) is 21.8. The summed E-state index contributed by atoms with van der Waals surface area (Å²) in [5, 5.41) is 17.8. The highest BCUT2D eigenvalue weighted by Gasteiger charge is 2.08. The number of fused-ring (bicyclic) bond motifs is 2. The smallest absolute Gasteiger partial charge is 0.173 e. The molecule has 0 aliphatic carbocycles. The molecule has 0 atom stereocenters. The van der Waals surface area contributed by atoms with Crippen molar-refractivity contribution in [3.63, 3.8) is 0 Å². The fourth-order valence-electron chi connectivity index (χ4n) is 3.55. The summed E-state index contributed by atoms with van der Waals surface area (Å²) in [4.78, 5) is 9.47. The van der Waals surface area contributed by atoms with E-state index in [4.69, 9.17) is 9.98 Å². The fraction of sp³-hybridized carbons (Fsp3) is 0. The minimum atomic E-state index is 0.166. The second kappa shape index (κ2) is 8.70. The molecule has 5 heteroatoms. The van der Waals surface area contributed by atoms with Crippen LogP contribution in [0.4, 0.5) is 5.69 Å². The Kier molecular flexibility index (Phi) is 5.29. The number of hydrogen-bond acceptors (Lipinski definition) is 4. The number of aromatic nitrogens is 1. The van der Waals surface area contributed by atoms with Crippen LogP contribution < -0.4 is 5.43 Å². The van der Waals surface area contributed by atoms with Crippen molar-refractivity contribution in [2.75, 3.05) is 0 Å². The zero-order valence-electron chi connectivity index (χ0n) is 17.2. The third kappa shape index (κ3) is 4.04. The topological polar surface area (TPSA) is 69.9 Å². The Labute approximate surface area is 185 Å². The van der Waals surface area contributed by atoms with E-state index in [1.807, 2.05) is 97.1 Å². The Bertz CT molecular complexity index is 1460. The first-order valence-electron chi connectivity index (χ1n) is 10.3. The predicted molar refractivity (Wildman–Crippen MR) is 131 cm³/mol. The summed E-state index contributed by atoms with van der Waals surface area (Å²) in [7, 11) is 0. The number of aromatic hydroxyl groups is 1. The molecule has 4 aromatic carbocycles. The molecule has 0 amide bonds. The maximum Gasteiger partial charge on any atom is 0.173 e. The van der Waals surface area contributed by atoms with Gasteiger partial charge in [-0.05, 0) is 41.1 Å². The van der Waals surface area contributed by atoms with Gasteiger partial charge in [0, 0.05) is 10.9 Å². The van der Waals surface area contributed by atoms with Gasteiger partial charge in [0.1, 0.15) is 11.4 Å². The molecular formula is C27H20N4O. The van der Waals surface area contributed by atoms with Crippen molar-refractivity contribution in [3.05, 3.63) is 114 Å². The van der Waals surface area contributed by atoms with E-state index >= 15 is 0 Å². The van der Waals surface area contributed by atoms with Crippen LogP contribution in [0.15, 0.2) is 113 Å². The Hall–Kier alpha value is -4.51. The van der Waals surface area contributed by atoms with Crippen molar-refractivity contribution >= 4 is 39.4 Å². The maximum absolute atomic E-state index is 10.4. The number of nitrogens with one attached hydrogen (secondary N) is 1. The van der Waals surface area contributed by atoms with Gasteiger partial charge in [0.25, 0.3) is 0 Å². The van der Waals surface area contributed by atoms with E-state index in [0.29, 0.717) is 17.1 Å². The van der Waals surface area contributed by atoms with Crippen molar-refractivity contribution in [2.45, 2.75) is 0 Å². The summed E-state index contributed by atoms with van der Waals surface area (Å²) in [6, 6.07) is 32.9. The van der Waals surface area contributed by atoms with Crippen molar-refractivity contribution in [3.8, 4) is 5.75 Å². The second-order valence-corrected chi connectivity index (χ2v) is 7.27. The molecule has 0 spiro atoms. The molecule has 0 saturated carbocycles. The highest BCUT2D eigenvalue weighted by atomic mass is 16.3. The largest absolute Gasteiger partial charge is 0.507 e. The number of para-hydroxylation sites is 2. The van der Waals surface area contributed by atoms with E-state index < -0.39 is 0 Å². The van der Waals surface area contributed by atoms with E-state index in [1.165, 1.54) is 0 Å². The lowest BCUT2D eigenvalue weighted by molar-refractivity contribution is 0.475. The number of pyridine rings is 1. The molecule has 32 heavy (non-hydrogen) atoms. The number of phenols is 1. The van der Waals surface area contributed by atoms with Gasteiger partial charge in [0.05, 0.1) is 17.4 Å². The molecule has 154 valence electrons. The standard InChI is InChI=1S/C27H20N4O/c32-26-17-15-19-8-4-6-12-22(19)23(26)18-28-31-27(29-21-10-2-1-3-11-21)25-16-14-20-9-5-7-13-24(20)30-25/h1-18,32H,(H,29,31)/b28-18+. The van der Waals surface area contributed by atoms with Gasteiger partial charge in [0.2, 0.25) is 0 Å². The van der Waals surface area contributed by atoms with Gasteiger partial charge in [0.15, 0.2) is 5.84 Å². The Balaban J connectivity index is 1.53. The fourth-order valence-corrected chi connectivity index (χ4v) is 3.55. The average Bonchev–Trinajstić information content (AvgIpc) is 2.85. The molecule has 0 bridgehead atoms. The molecule has 2 N–H and O–H groups in total. The Morgan fingerprint density at radius 1 is 0.750 bits per heavy atom. The third-order valence-corrected chi connectivity index (χ3v) is 5.15. The zero-order valence-corrected chi connectivity index (χ0v) is 17.2. The highest BCUT2D eigenvalue weighted by molar-refractivity contribution is 6.04.